The number of hydrogen-bond donors (Lipinski definition) is 3. The zero-order chi connectivity index (χ0) is 34.4. The summed E-state index contributed by atoms with van der Waals surface area (Å²) in [5.41, 5.74) is 3.84. The Hall–Kier alpha value is -4.78. The summed E-state index contributed by atoms with van der Waals surface area (Å²) in [5, 5.41) is 10.6. The van der Waals surface area contributed by atoms with E-state index in [0.29, 0.717) is 36.0 Å². The van der Waals surface area contributed by atoms with Crippen LogP contribution >= 0.6 is 0 Å². The molecular weight excluding hydrogens is 624 g/mol. The maximum Gasteiger partial charge on any atom is 0.411 e. The molecule has 0 saturated carbocycles. The largest absolute Gasteiger partial charge is 0.492 e. The molecule has 0 aliphatic carbocycles. The molecule has 1 atom stereocenters. The molecule has 12 nitrogen and oxygen atoms in total. The Morgan fingerprint density at radius 2 is 1.61 bits per heavy atom. The molecular formula is C37H44N6O6. The van der Waals surface area contributed by atoms with Gasteiger partial charge in [0, 0.05) is 43.0 Å². The fraction of sp³-hybridized carbons (Fsp3) is 0.405. The first kappa shape index (κ1) is 34.1. The highest BCUT2D eigenvalue weighted by Crippen LogP contribution is 2.39. The fourth-order valence-electron chi connectivity index (χ4n) is 6.03. The van der Waals surface area contributed by atoms with E-state index >= 15 is 0 Å². The van der Waals surface area contributed by atoms with Crippen molar-refractivity contribution < 1.29 is 28.5 Å². The van der Waals surface area contributed by atoms with Gasteiger partial charge in [0.2, 0.25) is 0 Å². The number of methoxy groups -OCH3 is 1. The molecule has 12 heteroatoms. The molecule has 0 spiro atoms. The summed E-state index contributed by atoms with van der Waals surface area (Å²) in [6.07, 6.45) is 4.78. The Kier molecular flexibility index (Phi) is 10.6. The van der Waals surface area contributed by atoms with Crippen LogP contribution in [0, 0.1) is 0 Å². The summed E-state index contributed by atoms with van der Waals surface area (Å²) < 4.78 is 22.1. The molecule has 2 saturated heterocycles. The van der Waals surface area contributed by atoms with Gasteiger partial charge in [0.15, 0.2) is 5.75 Å². The highest BCUT2D eigenvalue weighted by atomic mass is 16.6. The van der Waals surface area contributed by atoms with Crippen LogP contribution in [0.25, 0.3) is 21.9 Å². The van der Waals surface area contributed by atoms with Crippen molar-refractivity contribution in [2.24, 2.45) is 0 Å². The molecule has 0 bridgehead atoms. The highest BCUT2D eigenvalue weighted by Gasteiger charge is 2.24. The first-order valence-electron chi connectivity index (χ1n) is 16.7. The number of urea groups is 1. The van der Waals surface area contributed by atoms with Crippen LogP contribution in [-0.2, 0) is 26.2 Å². The average molecular weight is 669 g/mol. The lowest BCUT2D eigenvalue weighted by molar-refractivity contribution is 0.0330. The summed E-state index contributed by atoms with van der Waals surface area (Å²) in [4.78, 5) is 37.9. The third kappa shape index (κ3) is 8.45. The van der Waals surface area contributed by atoms with Gasteiger partial charge in [-0.15, -0.1) is 0 Å². The van der Waals surface area contributed by atoms with Gasteiger partial charge in [-0.1, -0.05) is 51.1 Å². The maximum absolute atomic E-state index is 13.6. The summed E-state index contributed by atoms with van der Waals surface area (Å²) in [6.45, 7) is 10.9. The van der Waals surface area contributed by atoms with Crippen molar-refractivity contribution in [3.63, 3.8) is 0 Å². The number of aromatic nitrogens is 2. The zero-order valence-electron chi connectivity index (χ0n) is 28.5. The van der Waals surface area contributed by atoms with Gasteiger partial charge in [-0.3, -0.25) is 10.2 Å². The van der Waals surface area contributed by atoms with E-state index in [2.05, 4.69) is 51.6 Å². The smallest absolute Gasteiger partial charge is 0.411 e. The molecule has 3 aromatic carbocycles. The van der Waals surface area contributed by atoms with E-state index < -0.39 is 12.1 Å². The molecule has 49 heavy (non-hydrogen) atoms. The number of anilines is 3. The minimum Gasteiger partial charge on any atom is -0.492 e. The van der Waals surface area contributed by atoms with Gasteiger partial charge in [0.25, 0.3) is 0 Å². The van der Waals surface area contributed by atoms with Crippen LogP contribution in [0.4, 0.5) is 26.7 Å². The van der Waals surface area contributed by atoms with Gasteiger partial charge >= 0.3 is 12.1 Å². The maximum atomic E-state index is 13.6. The normalized spacial score (nSPS) is 16.7. The van der Waals surface area contributed by atoms with Gasteiger partial charge in [-0.25, -0.2) is 19.6 Å². The number of morpholine rings is 1. The van der Waals surface area contributed by atoms with Crippen LogP contribution in [-0.4, -0.2) is 79.7 Å². The molecule has 2 aliphatic heterocycles. The number of carbonyl (C=O) groups is 2. The fourth-order valence-corrected chi connectivity index (χ4v) is 6.03. The Balaban J connectivity index is 1.20. The molecule has 3 heterocycles. The van der Waals surface area contributed by atoms with Crippen molar-refractivity contribution in [2.45, 2.75) is 51.7 Å². The van der Waals surface area contributed by atoms with Gasteiger partial charge in [0.05, 0.1) is 50.0 Å². The summed E-state index contributed by atoms with van der Waals surface area (Å²) >= 11 is 0. The number of nitrogens with one attached hydrogen (secondary N) is 3. The summed E-state index contributed by atoms with van der Waals surface area (Å²) in [5.74, 6) is 1.07. The second-order valence-electron chi connectivity index (χ2n) is 13.3. The average Bonchev–Trinajstić information content (AvgIpc) is 3.62. The van der Waals surface area contributed by atoms with E-state index in [-0.39, 0.29) is 18.1 Å². The molecule has 3 amide bonds. The number of fused-ring (bicyclic) bond motifs is 1. The summed E-state index contributed by atoms with van der Waals surface area (Å²) in [6, 6.07) is 14.9. The molecule has 258 valence electrons. The molecule has 6 rings (SSSR count). The van der Waals surface area contributed by atoms with Crippen molar-refractivity contribution in [2.75, 3.05) is 62.6 Å². The SMILES string of the molecule is COc1c(NC(=O)Nc2ccc(-c3cnc(CN4CCOCC4)nc3)c3ccccc23)cc(C(C)(C)C)cc1NC(=O)OCC1CCCO1. The Bertz CT molecular complexity index is 1780. The molecule has 3 N–H and O–H groups in total. The predicted octanol–water partition coefficient (Wildman–Crippen LogP) is 6.81. The quantitative estimate of drug-likeness (QED) is 0.176. The molecule has 0 radical (unpaired) electrons. The van der Waals surface area contributed by atoms with Gasteiger partial charge < -0.3 is 29.6 Å². The van der Waals surface area contributed by atoms with Gasteiger partial charge in [-0.05, 0) is 53.0 Å². The highest BCUT2D eigenvalue weighted by molar-refractivity contribution is 6.10. The zero-order valence-corrected chi connectivity index (χ0v) is 28.5. The summed E-state index contributed by atoms with van der Waals surface area (Å²) in [7, 11) is 1.49. The molecule has 1 unspecified atom stereocenters. The Labute approximate surface area is 286 Å². The monoisotopic (exact) mass is 668 g/mol. The lowest BCUT2D eigenvalue weighted by atomic mass is 9.86. The van der Waals surface area contributed by atoms with E-state index in [1.807, 2.05) is 60.9 Å². The predicted molar refractivity (Wildman–Crippen MR) is 189 cm³/mol. The molecule has 2 fully saturated rings. The van der Waals surface area contributed by atoms with Crippen LogP contribution in [0.5, 0.6) is 5.75 Å². The minimum atomic E-state index is -0.626. The van der Waals surface area contributed by atoms with Crippen molar-refractivity contribution in [3.05, 3.63) is 72.3 Å². The van der Waals surface area contributed by atoms with Crippen molar-refractivity contribution in [3.8, 4) is 16.9 Å². The number of carbonyl (C=O) groups excluding carboxylic acids is 2. The third-order valence-electron chi connectivity index (χ3n) is 8.73. The Morgan fingerprint density at radius 1 is 0.918 bits per heavy atom. The number of hydrogen-bond acceptors (Lipinski definition) is 9. The van der Waals surface area contributed by atoms with E-state index in [4.69, 9.17) is 18.9 Å². The molecule has 2 aliphatic rings. The van der Waals surface area contributed by atoms with Gasteiger partial charge in [-0.2, -0.15) is 0 Å². The van der Waals surface area contributed by atoms with Crippen LogP contribution in [0.1, 0.15) is 45.0 Å². The lowest BCUT2D eigenvalue weighted by Crippen LogP contribution is -2.36. The Morgan fingerprint density at radius 3 is 2.29 bits per heavy atom. The van der Waals surface area contributed by atoms with E-state index in [0.717, 1.165) is 72.4 Å². The topological polar surface area (TPSA) is 136 Å². The van der Waals surface area contributed by atoms with Crippen LogP contribution in [0.15, 0.2) is 60.9 Å². The number of benzene rings is 3. The van der Waals surface area contributed by atoms with Crippen molar-refractivity contribution in [1.82, 2.24) is 14.9 Å². The molecule has 4 aromatic rings. The minimum absolute atomic E-state index is 0.0981. The number of nitrogens with zero attached hydrogens (tertiary/aromatic N) is 3. The number of amides is 3. The van der Waals surface area contributed by atoms with Crippen LogP contribution < -0.4 is 20.7 Å². The standard InChI is InChI=1S/C37H44N6O6/c1-37(2,3)25-18-31(34(46-4)32(19-25)42-36(45)49-23-26-8-7-15-48-26)41-35(44)40-30-12-11-27(28-9-5-6-10-29(28)30)24-20-38-33(39-21-24)22-43-13-16-47-17-14-43/h5-6,9-12,18-21,26H,7-8,13-17,22-23H2,1-4H3,(H,42,45)(H2,40,41,44). The second-order valence-corrected chi connectivity index (χ2v) is 13.3. The first-order chi connectivity index (χ1) is 23.7. The second kappa shape index (κ2) is 15.2. The van der Waals surface area contributed by atoms with E-state index in [1.54, 1.807) is 0 Å². The third-order valence-corrected chi connectivity index (χ3v) is 8.73. The van der Waals surface area contributed by atoms with Crippen LogP contribution in [0.3, 0.4) is 0 Å². The first-order valence-corrected chi connectivity index (χ1v) is 16.7. The van der Waals surface area contributed by atoms with E-state index in [9.17, 15) is 9.59 Å². The lowest BCUT2D eigenvalue weighted by Gasteiger charge is -2.25. The number of ether oxygens (including phenoxy) is 4. The molecule has 1 aromatic heterocycles. The van der Waals surface area contributed by atoms with Crippen LogP contribution in [0.2, 0.25) is 0 Å². The number of rotatable bonds is 9. The van der Waals surface area contributed by atoms with E-state index in [1.165, 1.54) is 7.11 Å². The van der Waals surface area contributed by atoms with Crippen molar-refractivity contribution in [1.29, 1.82) is 0 Å². The van der Waals surface area contributed by atoms with Crippen molar-refractivity contribution >= 4 is 40.0 Å². The van der Waals surface area contributed by atoms with Gasteiger partial charge in [0.1, 0.15) is 12.4 Å².